The maximum atomic E-state index is 5.37. The summed E-state index contributed by atoms with van der Waals surface area (Å²) >= 11 is 0. The summed E-state index contributed by atoms with van der Waals surface area (Å²) in [7, 11) is 0.168. The minimum Gasteiger partial charge on any atom is -0.336 e. The van der Waals surface area contributed by atoms with E-state index in [1.807, 2.05) is 18.2 Å². The number of unbranched alkanes of at least 4 members (excludes halogenated alkanes) is 1. The largest absolute Gasteiger partial charge is 0.336 e. The molecule has 1 aromatic rings. The van der Waals surface area contributed by atoms with Gasteiger partial charge in [0.15, 0.2) is 9.03 Å². The lowest BCUT2D eigenvalue weighted by Gasteiger charge is -2.03. The predicted octanol–water partition coefficient (Wildman–Crippen LogP) is 3.53. The van der Waals surface area contributed by atoms with Crippen molar-refractivity contribution < 1.29 is 9.05 Å². The summed E-state index contributed by atoms with van der Waals surface area (Å²) in [5.41, 5.74) is 1.19. The lowest BCUT2D eigenvalue weighted by atomic mass is 10.2. The van der Waals surface area contributed by atoms with E-state index in [1.165, 1.54) is 12.0 Å². The Balaban J connectivity index is 1.99. The van der Waals surface area contributed by atoms with Crippen LogP contribution in [0, 0.1) is 0 Å². The van der Waals surface area contributed by atoms with Gasteiger partial charge in [0.1, 0.15) is 0 Å². The highest BCUT2D eigenvalue weighted by atomic mass is 31.1. The summed E-state index contributed by atoms with van der Waals surface area (Å²) in [5.74, 6) is 0. The van der Waals surface area contributed by atoms with Gasteiger partial charge >= 0.3 is 0 Å². The van der Waals surface area contributed by atoms with Crippen LogP contribution < -0.4 is 0 Å². The van der Waals surface area contributed by atoms with Crippen molar-refractivity contribution in [3.05, 3.63) is 35.9 Å². The topological polar surface area (TPSA) is 18.5 Å². The van der Waals surface area contributed by atoms with Crippen molar-refractivity contribution in [3.63, 3.8) is 0 Å². The summed E-state index contributed by atoms with van der Waals surface area (Å²) in [4.78, 5) is 0. The van der Waals surface area contributed by atoms with Crippen LogP contribution in [0.5, 0.6) is 0 Å². The van der Waals surface area contributed by atoms with Gasteiger partial charge < -0.3 is 9.05 Å². The zero-order valence-electron chi connectivity index (χ0n) is 8.53. The van der Waals surface area contributed by atoms with E-state index in [0.717, 1.165) is 13.0 Å². The van der Waals surface area contributed by atoms with Crippen molar-refractivity contribution in [2.75, 3.05) is 6.61 Å². The fraction of sp³-hybridized carbons (Fsp3) is 0.455. The van der Waals surface area contributed by atoms with E-state index in [0.29, 0.717) is 6.61 Å². The third kappa shape index (κ3) is 5.33. The van der Waals surface area contributed by atoms with Crippen LogP contribution in [0.15, 0.2) is 30.3 Å². The first-order chi connectivity index (χ1) is 6.93. The Bertz CT molecular complexity index is 226. The molecule has 1 unspecified atom stereocenters. The Hall–Kier alpha value is -0.430. The molecular weight excluding hydrogens is 195 g/mol. The highest BCUT2D eigenvalue weighted by Crippen LogP contribution is 2.17. The zero-order valence-corrected chi connectivity index (χ0v) is 9.53. The average molecular weight is 212 g/mol. The molecule has 0 aliphatic carbocycles. The molecule has 0 bridgehead atoms. The molecule has 0 amide bonds. The van der Waals surface area contributed by atoms with Crippen LogP contribution in [0.1, 0.15) is 25.3 Å². The molecule has 3 heteroatoms. The molecule has 0 aliphatic heterocycles. The van der Waals surface area contributed by atoms with E-state index >= 15 is 0 Å². The van der Waals surface area contributed by atoms with Gasteiger partial charge in [0.25, 0.3) is 0 Å². The maximum absolute atomic E-state index is 5.37. The molecule has 0 aliphatic rings. The molecule has 0 fully saturated rings. The Morgan fingerprint density at radius 1 is 1.14 bits per heavy atom. The highest BCUT2D eigenvalue weighted by molar-refractivity contribution is 7.26. The van der Waals surface area contributed by atoms with Crippen molar-refractivity contribution in [3.8, 4) is 0 Å². The smallest absolute Gasteiger partial charge is 0.155 e. The molecule has 2 nitrogen and oxygen atoms in total. The van der Waals surface area contributed by atoms with Crippen LogP contribution in [-0.4, -0.2) is 6.61 Å². The molecule has 1 aromatic carbocycles. The predicted molar refractivity (Wildman–Crippen MR) is 60.4 cm³/mol. The first-order valence-electron chi connectivity index (χ1n) is 4.96. The fourth-order valence-electron chi connectivity index (χ4n) is 0.987. The van der Waals surface area contributed by atoms with Crippen LogP contribution in [0.3, 0.4) is 0 Å². The standard InChI is InChI=1S/C11H17O2P/c1-2-3-9-12-14-13-10-11-7-5-4-6-8-11/h4-8,14H,2-3,9-10H2,1H3. The maximum Gasteiger partial charge on any atom is 0.155 e. The first kappa shape index (κ1) is 11.6. The van der Waals surface area contributed by atoms with E-state index in [2.05, 4.69) is 19.1 Å². The van der Waals surface area contributed by atoms with Gasteiger partial charge in [-0.05, 0) is 12.0 Å². The highest BCUT2D eigenvalue weighted by Gasteiger charge is 1.91. The molecule has 0 heterocycles. The minimum atomic E-state index is 0.168. The van der Waals surface area contributed by atoms with Crippen molar-refractivity contribution in [1.82, 2.24) is 0 Å². The van der Waals surface area contributed by atoms with E-state index in [4.69, 9.17) is 9.05 Å². The van der Waals surface area contributed by atoms with E-state index in [-0.39, 0.29) is 9.03 Å². The molecule has 0 saturated carbocycles. The fourth-order valence-corrected chi connectivity index (χ4v) is 1.52. The third-order valence-corrected chi connectivity index (χ3v) is 2.38. The van der Waals surface area contributed by atoms with Crippen LogP contribution >= 0.6 is 9.03 Å². The van der Waals surface area contributed by atoms with Crippen molar-refractivity contribution in [2.45, 2.75) is 26.4 Å². The first-order valence-corrected chi connectivity index (χ1v) is 5.77. The second kappa shape index (κ2) is 7.93. The summed E-state index contributed by atoms with van der Waals surface area (Å²) in [6.45, 7) is 3.60. The summed E-state index contributed by atoms with van der Waals surface area (Å²) in [6, 6.07) is 10.1. The lowest BCUT2D eigenvalue weighted by Crippen LogP contribution is -1.87. The van der Waals surface area contributed by atoms with Crippen molar-refractivity contribution in [2.24, 2.45) is 0 Å². The average Bonchev–Trinajstić information content (AvgIpc) is 2.25. The van der Waals surface area contributed by atoms with Gasteiger partial charge in [-0.2, -0.15) is 0 Å². The van der Waals surface area contributed by atoms with Gasteiger partial charge in [-0.3, -0.25) is 0 Å². The van der Waals surface area contributed by atoms with Crippen LogP contribution in [-0.2, 0) is 15.7 Å². The van der Waals surface area contributed by atoms with E-state index in [1.54, 1.807) is 0 Å². The Morgan fingerprint density at radius 2 is 1.93 bits per heavy atom. The monoisotopic (exact) mass is 212 g/mol. The number of benzene rings is 1. The molecule has 0 radical (unpaired) electrons. The van der Waals surface area contributed by atoms with Gasteiger partial charge in [-0.15, -0.1) is 0 Å². The number of hydrogen-bond acceptors (Lipinski definition) is 2. The molecule has 0 spiro atoms. The van der Waals surface area contributed by atoms with Gasteiger partial charge in [0, 0.05) is 0 Å². The van der Waals surface area contributed by atoms with Gasteiger partial charge in [-0.1, -0.05) is 43.7 Å². The SMILES string of the molecule is CCCCOPOCc1ccccc1. The quantitative estimate of drug-likeness (QED) is 0.508. The van der Waals surface area contributed by atoms with Crippen LogP contribution in [0.2, 0.25) is 0 Å². The van der Waals surface area contributed by atoms with Crippen molar-refractivity contribution >= 4 is 9.03 Å². The molecule has 1 atom stereocenters. The molecule has 0 N–H and O–H groups in total. The lowest BCUT2D eigenvalue weighted by molar-refractivity contribution is 0.256. The Kier molecular flexibility index (Phi) is 6.59. The third-order valence-electron chi connectivity index (χ3n) is 1.80. The molecule has 78 valence electrons. The van der Waals surface area contributed by atoms with Gasteiger partial charge in [-0.25, -0.2) is 0 Å². The molecular formula is C11H17O2P. The minimum absolute atomic E-state index is 0.168. The van der Waals surface area contributed by atoms with Crippen LogP contribution in [0.4, 0.5) is 0 Å². The Labute approximate surface area is 87.6 Å². The van der Waals surface area contributed by atoms with Crippen molar-refractivity contribution in [1.29, 1.82) is 0 Å². The Morgan fingerprint density at radius 3 is 2.64 bits per heavy atom. The van der Waals surface area contributed by atoms with E-state index < -0.39 is 0 Å². The number of rotatable bonds is 7. The molecule has 0 aromatic heterocycles. The van der Waals surface area contributed by atoms with Gasteiger partial charge in [0.2, 0.25) is 0 Å². The zero-order chi connectivity index (χ0) is 10.1. The summed E-state index contributed by atoms with van der Waals surface area (Å²) < 4.78 is 10.7. The summed E-state index contributed by atoms with van der Waals surface area (Å²) in [6.07, 6.45) is 2.28. The number of hydrogen-bond donors (Lipinski definition) is 0. The van der Waals surface area contributed by atoms with Crippen LogP contribution in [0.25, 0.3) is 0 Å². The normalized spacial score (nSPS) is 11.2. The molecule has 0 saturated heterocycles. The second-order valence-corrected chi connectivity index (χ2v) is 3.80. The molecule has 1 rings (SSSR count). The van der Waals surface area contributed by atoms with E-state index in [9.17, 15) is 0 Å². The second-order valence-electron chi connectivity index (χ2n) is 3.06. The van der Waals surface area contributed by atoms with Gasteiger partial charge in [0.05, 0.1) is 13.2 Å². The molecule has 14 heavy (non-hydrogen) atoms. The summed E-state index contributed by atoms with van der Waals surface area (Å²) in [5, 5.41) is 0.